The molecule has 4 rings (SSSR count). The van der Waals surface area contributed by atoms with Crippen molar-refractivity contribution in [3.8, 4) is 11.3 Å². The first-order chi connectivity index (χ1) is 14.5. The number of carbonyl (C=O) groups excluding carboxylic acids is 1. The summed E-state index contributed by atoms with van der Waals surface area (Å²) in [6, 6.07) is 9.68. The minimum atomic E-state index is -0.419. The van der Waals surface area contributed by atoms with Gasteiger partial charge < -0.3 is 10.2 Å². The van der Waals surface area contributed by atoms with Crippen molar-refractivity contribution < 1.29 is 9.18 Å². The van der Waals surface area contributed by atoms with Crippen LogP contribution in [-0.4, -0.2) is 44.8 Å². The van der Waals surface area contributed by atoms with Gasteiger partial charge in [-0.3, -0.25) is 9.78 Å². The van der Waals surface area contributed by atoms with Gasteiger partial charge in [0.25, 0.3) is 5.91 Å². The van der Waals surface area contributed by atoms with Crippen LogP contribution in [0, 0.1) is 5.82 Å². The summed E-state index contributed by atoms with van der Waals surface area (Å²) in [6.07, 6.45) is 6.77. The number of hydrogen-bond donors (Lipinski definition) is 1. The van der Waals surface area contributed by atoms with Crippen LogP contribution in [0.1, 0.15) is 15.9 Å². The van der Waals surface area contributed by atoms with E-state index in [2.05, 4.69) is 25.3 Å². The van der Waals surface area contributed by atoms with Crippen LogP contribution in [0.5, 0.6) is 0 Å². The number of pyridine rings is 2. The lowest BCUT2D eigenvalue weighted by Gasteiger charge is -2.14. The standard InChI is InChI=1S/C22H19FN6O/c1-29(2)21(30)18-9-20(28-19-6-5-16(23)8-17(18)19)15-12-26-22(27-13-15)25-11-14-4-3-7-24-10-14/h3-10,12-13H,11H2,1-2H3,(H,25,26,27). The molecule has 0 aliphatic carbocycles. The molecule has 0 bridgehead atoms. The molecule has 0 aliphatic rings. The Balaban J connectivity index is 1.65. The Labute approximate surface area is 172 Å². The van der Waals surface area contributed by atoms with Crippen LogP contribution in [0.4, 0.5) is 10.3 Å². The molecule has 3 heterocycles. The third-order valence-corrected chi connectivity index (χ3v) is 4.53. The molecule has 1 aromatic carbocycles. The van der Waals surface area contributed by atoms with Gasteiger partial charge in [0.15, 0.2) is 0 Å². The fraction of sp³-hybridized carbons (Fsp3) is 0.136. The molecular weight excluding hydrogens is 383 g/mol. The van der Waals surface area contributed by atoms with Gasteiger partial charge in [0.2, 0.25) is 5.95 Å². The van der Waals surface area contributed by atoms with Crippen LogP contribution in [-0.2, 0) is 6.54 Å². The van der Waals surface area contributed by atoms with E-state index in [1.54, 1.807) is 51.0 Å². The Hall–Kier alpha value is -3.94. The first-order valence-electron chi connectivity index (χ1n) is 9.28. The minimum Gasteiger partial charge on any atom is -0.350 e. The Morgan fingerprint density at radius 3 is 2.60 bits per heavy atom. The molecule has 4 aromatic rings. The van der Waals surface area contributed by atoms with E-state index in [0.29, 0.717) is 40.2 Å². The van der Waals surface area contributed by atoms with Crippen LogP contribution in [0.15, 0.2) is 61.2 Å². The number of aromatic nitrogens is 4. The van der Waals surface area contributed by atoms with Crippen molar-refractivity contribution in [1.29, 1.82) is 0 Å². The molecule has 0 aliphatic heterocycles. The van der Waals surface area contributed by atoms with Crippen molar-refractivity contribution in [3.05, 3.63) is 78.1 Å². The molecule has 0 unspecified atom stereocenters. The number of anilines is 1. The number of hydrogen-bond acceptors (Lipinski definition) is 6. The van der Waals surface area contributed by atoms with Gasteiger partial charge in [-0.15, -0.1) is 0 Å². The number of fused-ring (bicyclic) bond motifs is 1. The molecule has 0 saturated heterocycles. The van der Waals surface area contributed by atoms with Crippen molar-refractivity contribution in [2.75, 3.05) is 19.4 Å². The first kappa shape index (κ1) is 19.4. The van der Waals surface area contributed by atoms with E-state index in [4.69, 9.17) is 0 Å². The van der Waals surface area contributed by atoms with Crippen molar-refractivity contribution in [2.24, 2.45) is 0 Å². The van der Waals surface area contributed by atoms with E-state index in [1.807, 2.05) is 12.1 Å². The summed E-state index contributed by atoms with van der Waals surface area (Å²) in [6.45, 7) is 0.550. The first-order valence-corrected chi connectivity index (χ1v) is 9.28. The summed E-state index contributed by atoms with van der Waals surface area (Å²) in [4.78, 5) is 31.4. The molecule has 30 heavy (non-hydrogen) atoms. The maximum Gasteiger partial charge on any atom is 0.254 e. The highest BCUT2D eigenvalue weighted by Crippen LogP contribution is 2.26. The summed E-state index contributed by atoms with van der Waals surface area (Å²) in [5, 5.41) is 3.60. The number of halogens is 1. The minimum absolute atomic E-state index is 0.232. The third kappa shape index (κ3) is 4.07. The Morgan fingerprint density at radius 1 is 1.10 bits per heavy atom. The predicted molar refractivity (Wildman–Crippen MR) is 112 cm³/mol. The number of carbonyl (C=O) groups is 1. The number of benzene rings is 1. The number of rotatable bonds is 5. The van der Waals surface area contributed by atoms with Crippen molar-refractivity contribution in [3.63, 3.8) is 0 Å². The monoisotopic (exact) mass is 402 g/mol. The molecule has 0 atom stereocenters. The van der Waals surface area contributed by atoms with Gasteiger partial charge in [-0.05, 0) is 35.9 Å². The summed E-state index contributed by atoms with van der Waals surface area (Å²) in [7, 11) is 3.30. The van der Waals surface area contributed by atoms with E-state index in [-0.39, 0.29) is 5.91 Å². The van der Waals surface area contributed by atoms with Crippen molar-refractivity contribution in [1.82, 2.24) is 24.8 Å². The third-order valence-electron chi connectivity index (χ3n) is 4.53. The van der Waals surface area contributed by atoms with Crippen LogP contribution in [0.25, 0.3) is 22.2 Å². The van der Waals surface area contributed by atoms with Crippen LogP contribution < -0.4 is 5.32 Å². The second-order valence-electron chi connectivity index (χ2n) is 6.93. The van der Waals surface area contributed by atoms with Crippen LogP contribution >= 0.6 is 0 Å². The van der Waals surface area contributed by atoms with Gasteiger partial charge >= 0.3 is 0 Å². The largest absolute Gasteiger partial charge is 0.350 e. The van der Waals surface area contributed by atoms with Gasteiger partial charge in [-0.2, -0.15) is 0 Å². The molecule has 1 N–H and O–H groups in total. The Kier molecular flexibility index (Phi) is 5.30. The molecule has 8 heteroatoms. The zero-order valence-electron chi connectivity index (χ0n) is 16.5. The van der Waals surface area contributed by atoms with E-state index in [1.165, 1.54) is 17.0 Å². The van der Waals surface area contributed by atoms with Gasteiger partial charge in [0.05, 0.1) is 16.8 Å². The molecule has 150 valence electrons. The highest BCUT2D eigenvalue weighted by Gasteiger charge is 2.16. The van der Waals surface area contributed by atoms with Crippen molar-refractivity contribution >= 4 is 22.8 Å². The number of amides is 1. The molecular formula is C22H19FN6O. The topological polar surface area (TPSA) is 83.9 Å². The Morgan fingerprint density at radius 2 is 1.90 bits per heavy atom. The van der Waals surface area contributed by atoms with E-state index in [0.717, 1.165) is 5.56 Å². The summed E-state index contributed by atoms with van der Waals surface area (Å²) < 4.78 is 13.8. The number of nitrogens with zero attached hydrogens (tertiary/aromatic N) is 5. The SMILES string of the molecule is CN(C)C(=O)c1cc(-c2cnc(NCc3cccnc3)nc2)nc2ccc(F)cc12. The second kappa shape index (κ2) is 8.20. The van der Waals surface area contributed by atoms with Crippen molar-refractivity contribution in [2.45, 2.75) is 6.54 Å². The molecule has 3 aromatic heterocycles. The van der Waals surface area contributed by atoms with E-state index >= 15 is 0 Å². The maximum atomic E-state index is 13.8. The highest BCUT2D eigenvalue weighted by molar-refractivity contribution is 6.07. The van der Waals surface area contributed by atoms with Gasteiger partial charge in [-0.25, -0.2) is 19.3 Å². The fourth-order valence-electron chi connectivity index (χ4n) is 3.00. The molecule has 0 spiro atoms. The smallest absolute Gasteiger partial charge is 0.254 e. The predicted octanol–water partition coefficient (Wildman–Crippen LogP) is 3.54. The van der Waals surface area contributed by atoms with Gasteiger partial charge in [0, 0.05) is 56.4 Å². The van der Waals surface area contributed by atoms with Gasteiger partial charge in [0.1, 0.15) is 5.82 Å². The maximum absolute atomic E-state index is 13.8. The molecule has 0 radical (unpaired) electrons. The molecule has 1 amide bonds. The summed E-state index contributed by atoms with van der Waals surface area (Å²) >= 11 is 0. The second-order valence-corrected chi connectivity index (χ2v) is 6.93. The average Bonchev–Trinajstić information content (AvgIpc) is 2.77. The van der Waals surface area contributed by atoms with Gasteiger partial charge in [-0.1, -0.05) is 6.07 Å². The normalized spacial score (nSPS) is 10.8. The average molecular weight is 402 g/mol. The lowest BCUT2D eigenvalue weighted by Crippen LogP contribution is -2.22. The van der Waals surface area contributed by atoms with Crippen LogP contribution in [0.2, 0.25) is 0 Å². The van der Waals surface area contributed by atoms with E-state index < -0.39 is 5.82 Å². The Bertz CT molecular complexity index is 1200. The molecule has 0 saturated carbocycles. The summed E-state index contributed by atoms with van der Waals surface area (Å²) in [5.74, 6) is -0.183. The fourth-order valence-corrected chi connectivity index (χ4v) is 3.00. The molecule has 7 nitrogen and oxygen atoms in total. The lowest BCUT2D eigenvalue weighted by molar-refractivity contribution is 0.0829. The molecule has 0 fully saturated rings. The number of nitrogens with one attached hydrogen (secondary N) is 1. The lowest BCUT2D eigenvalue weighted by atomic mass is 10.0. The summed E-state index contributed by atoms with van der Waals surface area (Å²) in [5.41, 5.74) is 3.11. The zero-order valence-corrected chi connectivity index (χ0v) is 16.5. The van der Waals surface area contributed by atoms with Crippen LogP contribution in [0.3, 0.4) is 0 Å². The van der Waals surface area contributed by atoms with E-state index in [9.17, 15) is 9.18 Å². The zero-order chi connectivity index (χ0) is 21.1. The quantitative estimate of drug-likeness (QED) is 0.550. The highest BCUT2D eigenvalue weighted by atomic mass is 19.1.